The Bertz CT molecular complexity index is 1210. The molecular weight excluding hydrogens is 425 g/mol. The lowest BCUT2D eigenvalue weighted by Crippen LogP contribution is -2.36. The number of rotatable bonds is 4. The van der Waals surface area contributed by atoms with Gasteiger partial charge in [0.1, 0.15) is 10.8 Å². The van der Waals surface area contributed by atoms with Crippen LogP contribution in [0.25, 0.3) is 11.3 Å². The molecule has 0 N–H and O–H groups in total. The molecule has 0 fully saturated rings. The fraction of sp³-hybridized carbons (Fsp3) is 0.167. The minimum Gasteiger partial charge on any atom is -0.356 e. The lowest BCUT2D eigenvalue weighted by atomic mass is 10.0. The molecule has 1 aromatic heterocycles. The van der Waals surface area contributed by atoms with Crippen LogP contribution in [0, 0.1) is 15.9 Å². The van der Waals surface area contributed by atoms with Gasteiger partial charge >= 0.3 is 0 Å². The van der Waals surface area contributed by atoms with Gasteiger partial charge in [0.15, 0.2) is 5.76 Å². The van der Waals surface area contributed by atoms with Crippen LogP contribution in [0.5, 0.6) is 0 Å². The summed E-state index contributed by atoms with van der Waals surface area (Å²) in [7, 11) is -4.02. The minimum absolute atomic E-state index is 0.0235. The number of fused-ring (bicyclic) bond motifs is 1. The molecule has 0 bridgehead atoms. The molecule has 0 aliphatic carbocycles. The number of hydrogen-bond donors (Lipinski definition) is 0. The maximum Gasteiger partial charge on any atom is 0.289 e. The van der Waals surface area contributed by atoms with Crippen molar-refractivity contribution in [3.05, 3.63) is 74.7 Å². The van der Waals surface area contributed by atoms with Gasteiger partial charge in [0.2, 0.25) is 10.0 Å². The number of nitro groups is 1. The Morgan fingerprint density at radius 3 is 2.62 bits per heavy atom. The number of nitrogens with zero attached hydrogens (tertiary/aromatic N) is 3. The predicted molar refractivity (Wildman–Crippen MR) is 101 cm³/mol. The molecule has 8 nitrogen and oxygen atoms in total. The third-order valence-corrected chi connectivity index (χ3v) is 6.82. The molecule has 0 saturated carbocycles. The first kappa shape index (κ1) is 19.5. The molecule has 0 amide bonds. The van der Waals surface area contributed by atoms with Crippen LogP contribution in [0.3, 0.4) is 0 Å². The van der Waals surface area contributed by atoms with Crippen LogP contribution in [0.15, 0.2) is 51.9 Å². The zero-order chi connectivity index (χ0) is 20.8. The molecule has 11 heteroatoms. The van der Waals surface area contributed by atoms with Gasteiger partial charge in [-0.3, -0.25) is 10.1 Å². The second-order valence-corrected chi connectivity index (χ2v) is 8.75. The summed E-state index contributed by atoms with van der Waals surface area (Å²) >= 11 is 5.78. The Labute approximate surface area is 169 Å². The topological polar surface area (TPSA) is 107 Å². The maximum absolute atomic E-state index is 13.2. The van der Waals surface area contributed by atoms with Crippen molar-refractivity contribution in [3.8, 4) is 11.3 Å². The first-order chi connectivity index (χ1) is 13.8. The number of benzene rings is 2. The van der Waals surface area contributed by atoms with Crippen molar-refractivity contribution in [3.63, 3.8) is 0 Å². The average molecular weight is 438 g/mol. The van der Waals surface area contributed by atoms with Crippen LogP contribution in [-0.2, 0) is 23.0 Å². The molecule has 0 spiro atoms. The third-order valence-electron chi connectivity index (χ3n) is 4.66. The van der Waals surface area contributed by atoms with E-state index in [-0.39, 0.29) is 23.0 Å². The van der Waals surface area contributed by atoms with Gasteiger partial charge in [-0.1, -0.05) is 16.8 Å². The van der Waals surface area contributed by atoms with Gasteiger partial charge in [0.05, 0.1) is 15.5 Å². The van der Waals surface area contributed by atoms with E-state index < -0.39 is 26.5 Å². The quantitative estimate of drug-likeness (QED) is 0.454. The van der Waals surface area contributed by atoms with Gasteiger partial charge in [0, 0.05) is 36.7 Å². The fourth-order valence-electron chi connectivity index (χ4n) is 3.16. The number of halogens is 2. The monoisotopic (exact) mass is 437 g/mol. The summed E-state index contributed by atoms with van der Waals surface area (Å²) in [6.07, 6.45) is 0.314. The van der Waals surface area contributed by atoms with Gasteiger partial charge in [-0.15, -0.1) is 0 Å². The second-order valence-electron chi connectivity index (χ2n) is 6.40. The first-order valence-electron chi connectivity index (χ1n) is 8.45. The predicted octanol–water partition coefficient (Wildman–Crippen LogP) is 3.79. The molecule has 150 valence electrons. The molecule has 2 aromatic carbocycles. The van der Waals surface area contributed by atoms with Crippen molar-refractivity contribution in [1.82, 2.24) is 9.46 Å². The Morgan fingerprint density at radius 2 is 1.93 bits per heavy atom. The molecule has 1 aliphatic heterocycles. The largest absolute Gasteiger partial charge is 0.356 e. The molecule has 0 atom stereocenters. The lowest BCUT2D eigenvalue weighted by Gasteiger charge is -2.25. The first-order valence-corrected chi connectivity index (χ1v) is 10.3. The smallest absolute Gasteiger partial charge is 0.289 e. The number of nitro benzene ring substituents is 1. The highest BCUT2D eigenvalue weighted by Gasteiger charge is 2.33. The van der Waals surface area contributed by atoms with Gasteiger partial charge in [0.25, 0.3) is 5.69 Å². The van der Waals surface area contributed by atoms with E-state index >= 15 is 0 Å². The van der Waals surface area contributed by atoms with Gasteiger partial charge in [-0.2, -0.15) is 4.31 Å². The van der Waals surface area contributed by atoms with Crippen molar-refractivity contribution in [2.24, 2.45) is 0 Å². The normalized spacial score (nSPS) is 14.6. The van der Waals surface area contributed by atoms with E-state index in [9.17, 15) is 22.9 Å². The van der Waals surface area contributed by atoms with Crippen molar-refractivity contribution >= 4 is 27.3 Å². The number of aromatic nitrogens is 1. The second kappa shape index (κ2) is 7.21. The van der Waals surface area contributed by atoms with E-state index in [0.29, 0.717) is 29.0 Å². The van der Waals surface area contributed by atoms with Crippen molar-refractivity contribution < 1.29 is 22.3 Å². The summed E-state index contributed by atoms with van der Waals surface area (Å²) in [5.74, 6) is -0.0438. The highest BCUT2D eigenvalue weighted by molar-refractivity contribution is 7.89. The van der Waals surface area contributed by atoms with Crippen LogP contribution in [0.1, 0.15) is 11.3 Å². The third kappa shape index (κ3) is 3.50. The Hall–Kier alpha value is -2.82. The lowest BCUT2D eigenvalue weighted by molar-refractivity contribution is -0.384. The van der Waals surface area contributed by atoms with Gasteiger partial charge in [-0.25, -0.2) is 12.8 Å². The Balaban J connectivity index is 1.69. The molecule has 3 aromatic rings. The molecule has 0 radical (unpaired) electrons. The summed E-state index contributed by atoms with van der Waals surface area (Å²) in [4.78, 5) is 10.1. The van der Waals surface area contributed by atoms with E-state index in [4.69, 9.17) is 16.1 Å². The molecule has 1 aliphatic rings. The Kier molecular flexibility index (Phi) is 4.85. The molecule has 0 unspecified atom stereocenters. The molecule has 2 heterocycles. The van der Waals surface area contributed by atoms with Crippen LogP contribution >= 0.6 is 11.6 Å². The Morgan fingerprint density at radius 1 is 1.21 bits per heavy atom. The van der Waals surface area contributed by atoms with E-state index in [2.05, 4.69) is 5.16 Å². The molecular formula is C18H13ClFN3O5S. The summed E-state index contributed by atoms with van der Waals surface area (Å²) < 4.78 is 45.9. The highest BCUT2D eigenvalue weighted by Crippen LogP contribution is 2.34. The average Bonchev–Trinajstić information content (AvgIpc) is 3.12. The molecule has 4 rings (SSSR count). The molecule has 29 heavy (non-hydrogen) atoms. The van der Waals surface area contributed by atoms with Crippen molar-refractivity contribution in [2.45, 2.75) is 17.9 Å². The summed E-state index contributed by atoms with van der Waals surface area (Å²) in [6.45, 7) is 0.117. The summed E-state index contributed by atoms with van der Waals surface area (Å²) in [6, 6.07) is 8.95. The van der Waals surface area contributed by atoms with Crippen molar-refractivity contribution in [2.75, 3.05) is 6.54 Å². The minimum atomic E-state index is -4.02. The number of hydrogen-bond acceptors (Lipinski definition) is 6. The maximum atomic E-state index is 13.2. The van der Waals surface area contributed by atoms with Crippen LogP contribution in [0.4, 0.5) is 10.1 Å². The van der Waals surface area contributed by atoms with Crippen LogP contribution in [0.2, 0.25) is 5.02 Å². The summed E-state index contributed by atoms with van der Waals surface area (Å²) in [5.41, 5.74) is 1.29. The van der Waals surface area contributed by atoms with E-state index in [1.54, 1.807) is 0 Å². The van der Waals surface area contributed by atoms with E-state index in [0.717, 1.165) is 6.07 Å². The van der Waals surface area contributed by atoms with E-state index in [1.807, 2.05) is 0 Å². The SMILES string of the molecule is O=[N+]([O-])c1cc(S(=O)(=O)N2CCc3noc(-c4ccc(F)cc4)c3C2)ccc1Cl. The van der Waals surface area contributed by atoms with E-state index in [1.165, 1.54) is 40.7 Å². The fourth-order valence-corrected chi connectivity index (χ4v) is 4.78. The van der Waals surface area contributed by atoms with Crippen molar-refractivity contribution in [1.29, 1.82) is 0 Å². The zero-order valence-electron chi connectivity index (χ0n) is 14.7. The van der Waals surface area contributed by atoms with Gasteiger partial charge in [-0.05, 0) is 36.4 Å². The standard InChI is InChI=1S/C18H13ClFN3O5S/c19-15-6-5-13(9-17(15)23(24)25)29(26,27)22-8-7-16-14(10-22)18(28-21-16)11-1-3-12(20)4-2-11/h1-6,9H,7-8,10H2. The van der Waals surface area contributed by atoms with Crippen LogP contribution in [-0.4, -0.2) is 29.3 Å². The van der Waals surface area contributed by atoms with Gasteiger partial charge < -0.3 is 4.52 Å². The molecule has 0 saturated heterocycles. The highest BCUT2D eigenvalue weighted by atomic mass is 35.5. The number of sulfonamides is 1. The van der Waals surface area contributed by atoms with Crippen LogP contribution < -0.4 is 0 Å². The summed E-state index contributed by atoms with van der Waals surface area (Å²) in [5, 5.41) is 14.9. The zero-order valence-corrected chi connectivity index (χ0v) is 16.3.